The van der Waals surface area contributed by atoms with Crippen molar-refractivity contribution in [2.45, 2.75) is 34.6 Å². The van der Waals surface area contributed by atoms with Crippen LogP contribution in [0.15, 0.2) is 36.4 Å². The smallest absolute Gasteiger partial charge is 0.321 e. The van der Waals surface area contributed by atoms with Crippen LogP contribution >= 0.6 is 0 Å². The zero-order valence-electron chi connectivity index (χ0n) is 12.2. The third-order valence-corrected chi connectivity index (χ3v) is 3.53. The molecule has 1 aromatic rings. The molecule has 0 aliphatic rings. The number of ether oxygens (including phenoxy) is 1. The summed E-state index contributed by atoms with van der Waals surface area (Å²) in [7, 11) is 0. The standard InChI is InChI=1S/C16H22O3/c1-6-11-16(5,15(2,3)4)14(18)19-13-9-7-12(17)8-10-13/h6-11,17H,1-5H3. The van der Waals surface area contributed by atoms with Gasteiger partial charge in [0.05, 0.1) is 5.41 Å². The van der Waals surface area contributed by atoms with Crippen molar-refractivity contribution < 1.29 is 14.6 Å². The van der Waals surface area contributed by atoms with Crippen LogP contribution in [0.4, 0.5) is 0 Å². The highest BCUT2D eigenvalue weighted by Crippen LogP contribution is 2.41. The molecule has 0 aromatic heterocycles. The van der Waals surface area contributed by atoms with E-state index >= 15 is 0 Å². The Kier molecular flexibility index (Phi) is 4.40. The molecule has 1 aromatic carbocycles. The van der Waals surface area contributed by atoms with Gasteiger partial charge in [0.25, 0.3) is 0 Å². The third kappa shape index (κ3) is 3.37. The highest BCUT2D eigenvalue weighted by molar-refractivity contribution is 5.81. The maximum absolute atomic E-state index is 12.4. The monoisotopic (exact) mass is 262 g/mol. The molecule has 104 valence electrons. The van der Waals surface area contributed by atoms with Gasteiger partial charge in [-0.1, -0.05) is 32.9 Å². The van der Waals surface area contributed by atoms with Crippen LogP contribution in [0, 0.1) is 10.8 Å². The summed E-state index contributed by atoms with van der Waals surface area (Å²) < 4.78 is 5.41. The minimum absolute atomic E-state index is 0.145. The molecule has 1 rings (SSSR count). The molecule has 1 N–H and O–H groups in total. The van der Waals surface area contributed by atoms with Crippen LogP contribution in [0.5, 0.6) is 11.5 Å². The van der Waals surface area contributed by atoms with Gasteiger partial charge in [0, 0.05) is 0 Å². The molecular weight excluding hydrogens is 240 g/mol. The lowest BCUT2D eigenvalue weighted by atomic mass is 9.67. The molecule has 1 unspecified atom stereocenters. The van der Waals surface area contributed by atoms with Crippen molar-refractivity contribution >= 4 is 5.97 Å². The fourth-order valence-electron chi connectivity index (χ4n) is 1.68. The van der Waals surface area contributed by atoms with Gasteiger partial charge < -0.3 is 9.84 Å². The molecule has 0 aliphatic heterocycles. The maximum Gasteiger partial charge on any atom is 0.321 e. The second-order valence-electron chi connectivity index (χ2n) is 5.84. The Balaban J connectivity index is 2.99. The summed E-state index contributed by atoms with van der Waals surface area (Å²) in [6, 6.07) is 6.14. The number of hydrogen-bond acceptors (Lipinski definition) is 3. The Bertz CT molecular complexity index is 466. The van der Waals surface area contributed by atoms with Crippen LogP contribution in [0.3, 0.4) is 0 Å². The van der Waals surface area contributed by atoms with Crippen LogP contribution in [0.1, 0.15) is 34.6 Å². The van der Waals surface area contributed by atoms with Gasteiger partial charge in [-0.3, -0.25) is 4.79 Å². The van der Waals surface area contributed by atoms with E-state index < -0.39 is 5.41 Å². The maximum atomic E-state index is 12.4. The first kappa shape index (κ1) is 15.3. The van der Waals surface area contributed by atoms with Gasteiger partial charge in [0.2, 0.25) is 0 Å². The molecule has 0 radical (unpaired) electrons. The molecule has 0 amide bonds. The lowest BCUT2D eigenvalue weighted by Crippen LogP contribution is -2.41. The molecule has 0 bridgehead atoms. The van der Waals surface area contributed by atoms with Gasteiger partial charge in [-0.05, 0) is 43.5 Å². The molecule has 0 heterocycles. The zero-order chi connectivity index (χ0) is 14.7. The second-order valence-corrected chi connectivity index (χ2v) is 5.84. The fraction of sp³-hybridized carbons (Fsp3) is 0.438. The second kappa shape index (κ2) is 5.47. The van der Waals surface area contributed by atoms with Crippen LogP contribution < -0.4 is 4.74 Å². The Morgan fingerprint density at radius 1 is 1.16 bits per heavy atom. The number of rotatable bonds is 3. The number of esters is 1. The number of hydrogen-bond donors (Lipinski definition) is 1. The lowest BCUT2D eigenvalue weighted by Gasteiger charge is -2.37. The fourth-order valence-corrected chi connectivity index (χ4v) is 1.68. The van der Waals surface area contributed by atoms with Crippen molar-refractivity contribution in [3.63, 3.8) is 0 Å². The first-order valence-corrected chi connectivity index (χ1v) is 6.36. The summed E-state index contributed by atoms with van der Waals surface area (Å²) in [5.41, 5.74) is -0.965. The van der Waals surface area contributed by atoms with Crippen molar-refractivity contribution in [2.75, 3.05) is 0 Å². The number of carbonyl (C=O) groups is 1. The number of benzene rings is 1. The van der Waals surface area contributed by atoms with Gasteiger partial charge in [0.15, 0.2) is 0 Å². The van der Waals surface area contributed by atoms with E-state index in [2.05, 4.69) is 0 Å². The summed E-state index contributed by atoms with van der Waals surface area (Å²) in [6.07, 6.45) is 3.74. The average molecular weight is 262 g/mol. The first-order chi connectivity index (χ1) is 8.70. The van der Waals surface area contributed by atoms with Crippen LogP contribution in [-0.4, -0.2) is 11.1 Å². The van der Waals surface area contributed by atoms with E-state index in [1.165, 1.54) is 12.1 Å². The van der Waals surface area contributed by atoms with Crippen LogP contribution in [0.25, 0.3) is 0 Å². The molecule has 0 fully saturated rings. The number of allylic oxidation sites excluding steroid dienone is 1. The molecule has 0 saturated heterocycles. The van der Waals surface area contributed by atoms with E-state index in [9.17, 15) is 9.90 Å². The summed E-state index contributed by atoms with van der Waals surface area (Å²) in [4.78, 5) is 12.4. The summed E-state index contributed by atoms with van der Waals surface area (Å²) in [5.74, 6) is 0.276. The van der Waals surface area contributed by atoms with E-state index in [-0.39, 0.29) is 17.1 Å². The third-order valence-electron chi connectivity index (χ3n) is 3.53. The van der Waals surface area contributed by atoms with Crippen molar-refractivity contribution in [2.24, 2.45) is 10.8 Å². The summed E-state index contributed by atoms with van der Waals surface area (Å²) in [6.45, 7) is 9.77. The average Bonchev–Trinajstić information content (AvgIpc) is 2.30. The van der Waals surface area contributed by atoms with E-state index in [1.807, 2.05) is 46.8 Å². The van der Waals surface area contributed by atoms with Crippen molar-refractivity contribution in [3.05, 3.63) is 36.4 Å². The molecule has 3 nitrogen and oxygen atoms in total. The predicted molar refractivity (Wildman–Crippen MR) is 76.1 cm³/mol. The highest BCUT2D eigenvalue weighted by atomic mass is 16.5. The lowest BCUT2D eigenvalue weighted by molar-refractivity contribution is -0.147. The number of phenols is 1. The van der Waals surface area contributed by atoms with Crippen molar-refractivity contribution in [1.82, 2.24) is 0 Å². The van der Waals surface area contributed by atoms with Gasteiger partial charge >= 0.3 is 5.97 Å². The van der Waals surface area contributed by atoms with Gasteiger partial charge in [-0.2, -0.15) is 0 Å². The molecule has 3 heteroatoms. The van der Waals surface area contributed by atoms with Crippen LogP contribution in [-0.2, 0) is 4.79 Å². The topological polar surface area (TPSA) is 46.5 Å². The highest BCUT2D eigenvalue weighted by Gasteiger charge is 2.43. The molecular formula is C16H22O3. The van der Waals surface area contributed by atoms with E-state index in [0.717, 1.165) is 0 Å². The zero-order valence-corrected chi connectivity index (χ0v) is 12.2. The van der Waals surface area contributed by atoms with Crippen molar-refractivity contribution in [3.8, 4) is 11.5 Å². The number of phenolic OH excluding ortho intramolecular Hbond substituents is 1. The normalized spacial score (nSPS) is 15.2. The summed E-state index contributed by atoms with van der Waals surface area (Å²) in [5, 5.41) is 9.21. The molecule has 0 saturated carbocycles. The quantitative estimate of drug-likeness (QED) is 0.510. The van der Waals surface area contributed by atoms with E-state index in [4.69, 9.17) is 4.74 Å². The minimum Gasteiger partial charge on any atom is -0.508 e. The largest absolute Gasteiger partial charge is 0.508 e. The molecule has 1 atom stereocenters. The van der Waals surface area contributed by atoms with Crippen LogP contribution in [0.2, 0.25) is 0 Å². The Hall–Kier alpha value is -1.77. The predicted octanol–water partition coefficient (Wildman–Crippen LogP) is 3.93. The Morgan fingerprint density at radius 2 is 1.68 bits per heavy atom. The van der Waals surface area contributed by atoms with Crippen molar-refractivity contribution in [1.29, 1.82) is 0 Å². The molecule has 19 heavy (non-hydrogen) atoms. The Labute approximate surface area is 114 Å². The van der Waals surface area contributed by atoms with Gasteiger partial charge in [0.1, 0.15) is 11.5 Å². The number of aromatic hydroxyl groups is 1. The van der Waals surface area contributed by atoms with E-state index in [0.29, 0.717) is 5.75 Å². The van der Waals surface area contributed by atoms with E-state index in [1.54, 1.807) is 12.1 Å². The SMILES string of the molecule is CC=CC(C)(C(=O)Oc1ccc(O)cc1)C(C)(C)C. The number of carbonyl (C=O) groups excluding carboxylic acids is 1. The summed E-state index contributed by atoms with van der Waals surface area (Å²) >= 11 is 0. The molecule has 0 spiro atoms. The van der Waals surface area contributed by atoms with Gasteiger partial charge in [-0.15, -0.1) is 0 Å². The first-order valence-electron chi connectivity index (χ1n) is 6.36. The minimum atomic E-state index is -0.709. The molecule has 0 aliphatic carbocycles. The van der Waals surface area contributed by atoms with Gasteiger partial charge in [-0.25, -0.2) is 0 Å². The Morgan fingerprint density at radius 3 is 2.11 bits per heavy atom.